The summed E-state index contributed by atoms with van der Waals surface area (Å²) in [7, 11) is 2.15. The average Bonchev–Trinajstić information content (AvgIpc) is 2.26. The van der Waals surface area contributed by atoms with Crippen molar-refractivity contribution in [3.8, 4) is 0 Å². The van der Waals surface area contributed by atoms with E-state index in [1.807, 2.05) is 18.7 Å². The van der Waals surface area contributed by atoms with Gasteiger partial charge in [-0.25, -0.2) is 0 Å². The minimum atomic E-state index is 0.0515. The Morgan fingerprint density at radius 2 is 2.19 bits per heavy atom. The fourth-order valence-electron chi connectivity index (χ4n) is 2.28. The molecule has 0 aromatic rings. The summed E-state index contributed by atoms with van der Waals surface area (Å²) in [6.45, 7) is 6.06. The molecule has 1 atom stereocenters. The highest BCUT2D eigenvalue weighted by atomic mass is 35.5. The van der Waals surface area contributed by atoms with Crippen molar-refractivity contribution in [3.63, 3.8) is 0 Å². The summed E-state index contributed by atoms with van der Waals surface area (Å²) in [4.78, 5) is 16.0. The zero-order chi connectivity index (χ0) is 12.1. The summed E-state index contributed by atoms with van der Waals surface area (Å²) >= 11 is 5.64. The Morgan fingerprint density at radius 3 is 2.69 bits per heavy atom. The molecule has 94 valence electrons. The van der Waals surface area contributed by atoms with Gasteiger partial charge in [-0.2, -0.15) is 0 Å². The Kier molecular flexibility index (Phi) is 5.56. The van der Waals surface area contributed by atoms with Gasteiger partial charge in [-0.15, -0.1) is 11.6 Å². The molecule has 1 heterocycles. The Bertz CT molecular complexity index is 233. The highest BCUT2D eigenvalue weighted by Gasteiger charge is 2.25. The number of hydrogen-bond acceptors (Lipinski definition) is 2. The Hall–Kier alpha value is -0.280. The van der Waals surface area contributed by atoms with Gasteiger partial charge in [-0.3, -0.25) is 4.79 Å². The second-order valence-corrected chi connectivity index (χ2v) is 5.17. The molecule has 4 heteroatoms. The molecule has 0 bridgehead atoms. The lowest BCUT2D eigenvalue weighted by molar-refractivity contribution is -0.131. The van der Waals surface area contributed by atoms with Gasteiger partial charge in [0.1, 0.15) is 5.88 Å². The molecule has 1 fully saturated rings. The fraction of sp³-hybridized carbons (Fsp3) is 0.917. The van der Waals surface area contributed by atoms with E-state index in [9.17, 15) is 4.79 Å². The number of halogens is 1. The molecule has 0 aromatic carbocycles. The summed E-state index contributed by atoms with van der Waals surface area (Å²) in [6.07, 6.45) is 3.74. The van der Waals surface area contributed by atoms with Gasteiger partial charge in [-0.1, -0.05) is 6.42 Å². The summed E-state index contributed by atoms with van der Waals surface area (Å²) in [5.41, 5.74) is 0. The first-order chi connectivity index (χ1) is 7.56. The van der Waals surface area contributed by atoms with Crippen LogP contribution in [-0.4, -0.2) is 53.8 Å². The molecule has 0 radical (unpaired) electrons. The van der Waals surface area contributed by atoms with Crippen LogP contribution in [0.25, 0.3) is 0 Å². The number of nitrogens with zero attached hydrogens (tertiary/aromatic N) is 2. The van der Waals surface area contributed by atoms with Crippen LogP contribution >= 0.6 is 11.6 Å². The monoisotopic (exact) mass is 246 g/mol. The van der Waals surface area contributed by atoms with Gasteiger partial charge in [0.05, 0.1) is 0 Å². The number of amides is 1. The topological polar surface area (TPSA) is 23.6 Å². The predicted molar refractivity (Wildman–Crippen MR) is 67.8 cm³/mol. The summed E-state index contributed by atoms with van der Waals surface area (Å²) < 4.78 is 0. The standard InChI is InChI=1S/C12H23ClN2O/c1-10(2)15(12(16)8-13)9-11-6-4-5-7-14(11)3/h10-11H,4-9H2,1-3H3/t11-/m1/s1. The SMILES string of the molecule is CC(C)N(C[C@H]1CCCCN1C)C(=O)CCl. The minimum absolute atomic E-state index is 0.0515. The Morgan fingerprint density at radius 1 is 1.50 bits per heavy atom. The van der Waals surface area contributed by atoms with E-state index in [4.69, 9.17) is 11.6 Å². The maximum atomic E-state index is 11.7. The third-order valence-electron chi connectivity index (χ3n) is 3.39. The molecular weight excluding hydrogens is 224 g/mol. The van der Waals surface area contributed by atoms with Gasteiger partial charge in [0, 0.05) is 18.6 Å². The second-order valence-electron chi connectivity index (χ2n) is 4.90. The maximum Gasteiger partial charge on any atom is 0.237 e. The third kappa shape index (κ3) is 3.63. The highest BCUT2D eigenvalue weighted by Crippen LogP contribution is 2.17. The van der Waals surface area contributed by atoms with Crippen LogP contribution in [0.1, 0.15) is 33.1 Å². The number of rotatable bonds is 4. The molecule has 0 aliphatic carbocycles. The fourth-order valence-corrected chi connectivity index (χ4v) is 2.43. The molecule has 1 rings (SSSR count). The molecule has 0 saturated carbocycles. The second kappa shape index (κ2) is 6.45. The zero-order valence-electron chi connectivity index (χ0n) is 10.6. The minimum Gasteiger partial charge on any atom is -0.338 e. The first kappa shape index (κ1) is 13.8. The summed E-state index contributed by atoms with van der Waals surface area (Å²) in [5, 5.41) is 0. The van der Waals surface area contributed by atoms with Crippen LogP contribution in [0.5, 0.6) is 0 Å². The smallest absolute Gasteiger partial charge is 0.237 e. The number of piperidine rings is 1. The van der Waals surface area contributed by atoms with Gasteiger partial charge in [0.15, 0.2) is 0 Å². The Balaban J connectivity index is 2.56. The third-order valence-corrected chi connectivity index (χ3v) is 3.62. The number of carbonyl (C=O) groups excluding carboxylic acids is 1. The lowest BCUT2D eigenvalue weighted by Crippen LogP contribution is -2.49. The lowest BCUT2D eigenvalue weighted by Gasteiger charge is -2.37. The number of likely N-dealkylation sites (N-methyl/N-ethyl adjacent to an activating group) is 1. The van der Waals surface area contributed by atoms with E-state index in [0.717, 1.165) is 13.1 Å². The molecule has 0 N–H and O–H groups in total. The van der Waals surface area contributed by atoms with Crippen molar-refractivity contribution in [2.45, 2.75) is 45.2 Å². The van der Waals surface area contributed by atoms with E-state index in [-0.39, 0.29) is 17.8 Å². The van der Waals surface area contributed by atoms with Crippen molar-refractivity contribution in [1.82, 2.24) is 9.80 Å². The molecule has 1 amide bonds. The predicted octanol–water partition coefficient (Wildman–Crippen LogP) is 1.95. The van der Waals surface area contributed by atoms with Gasteiger partial charge in [0.25, 0.3) is 0 Å². The largest absolute Gasteiger partial charge is 0.338 e. The number of alkyl halides is 1. The molecular formula is C12H23ClN2O. The quantitative estimate of drug-likeness (QED) is 0.708. The van der Waals surface area contributed by atoms with E-state index < -0.39 is 0 Å². The first-order valence-corrected chi connectivity index (χ1v) is 6.65. The number of carbonyl (C=O) groups is 1. The van der Waals surface area contributed by atoms with Crippen molar-refractivity contribution >= 4 is 17.5 Å². The van der Waals surface area contributed by atoms with Crippen LogP contribution in [0.3, 0.4) is 0 Å². The van der Waals surface area contributed by atoms with Crippen LogP contribution in [0.4, 0.5) is 0 Å². The van der Waals surface area contributed by atoms with Crippen molar-refractivity contribution in [2.24, 2.45) is 0 Å². The molecule has 0 unspecified atom stereocenters. The van der Waals surface area contributed by atoms with E-state index >= 15 is 0 Å². The van der Waals surface area contributed by atoms with Crippen molar-refractivity contribution in [3.05, 3.63) is 0 Å². The van der Waals surface area contributed by atoms with Crippen LogP contribution in [0.15, 0.2) is 0 Å². The van der Waals surface area contributed by atoms with Gasteiger partial charge < -0.3 is 9.80 Å². The molecule has 0 spiro atoms. The highest BCUT2D eigenvalue weighted by molar-refractivity contribution is 6.27. The average molecular weight is 247 g/mol. The lowest BCUT2D eigenvalue weighted by atomic mass is 10.0. The maximum absolute atomic E-state index is 11.7. The molecule has 1 aliphatic rings. The van der Waals surface area contributed by atoms with Gasteiger partial charge >= 0.3 is 0 Å². The number of likely N-dealkylation sites (tertiary alicyclic amines) is 1. The molecule has 0 aromatic heterocycles. The van der Waals surface area contributed by atoms with Gasteiger partial charge in [-0.05, 0) is 40.3 Å². The van der Waals surface area contributed by atoms with Crippen LogP contribution in [-0.2, 0) is 4.79 Å². The summed E-state index contributed by atoms with van der Waals surface area (Å²) in [6, 6.07) is 0.741. The van der Waals surface area contributed by atoms with E-state index in [2.05, 4.69) is 11.9 Å². The van der Waals surface area contributed by atoms with Crippen LogP contribution < -0.4 is 0 Å². The van der Waals surface area contributed by atoms with Crippen molar-refractivity contribution in [1.29, 1.82) is 0 Å². The molecule has 1 aliphatic heterocycles. The zero-order valence-corrected chi connectivity index (χ0v) is 11.3. The van der Waals surface area contributed by atoms with Crippen LogP contribution in [0, 0.1) is 0 Å². The van der Waals surface area contributed by atoms with Crippen molar-refractivity contribution < 1.29 is 4.79 Å². The van der Waals surface area contributed by atoms with Crippen molar-refractivity contribution in [2.75, 3.05) is 26.0 Å². The van der Waals surface area contributed by atoms with Gasteiger partial charge in [0.2, 0.25) is 5.91 Å². The van der Waals surface area contributed by atoms with E-state index in [0.29, 0.717) is 6.04 Å². The van der Waals surface area contributed by atoms with E-state index in [1.165, 1.54) is 19.3 Å². The van der Waals surface area contributed by atoms with Crippen LogP contribution in [0.2, 0.25) is 0 Å². The first-order valence-electron chi connectivity index (χ1n) is 6.12. The Labute approximate surface area is 104 Å². The molecule has 16 heavy (non-hydrogen) atoms. The number of hydrogen-bond donors (Lipinski definition) is 0. The molecule has 1 saturated heterocycles. The summed E-state index contributed by atoms with van der Waals surface area (Å²) in [5.74, 6) is 0.143. The normalized spacial score (nSPS) is 22.4. The molecule has 3 nitrogen and oxygen atoms in total. The van der Waals surface area contributed by atoms with E-state index in [1.54, 1.807) is 0 Å².